The van der Waals surface area contributed by atoms with Crippen LogP contribution in [0.3, 0.4) is 0 Å². The number of carbonyl (C=O) groups is 1. The number of rotatable bonds is 3. The first-order chi connectivity index (χ1) is 9.67. The highest BCUT2D eigenvalue weighted by Crippen LogP contribution is 2.23. The first-order valence-corrected chi connectivity index (χ1v) is 9.21. The quantitative estimate of drug-likeness (QED) is 0.862. The molecule has 1 amide bonds. The molecule has 21 heavy (non-hydrogen) atoms. The molecule has 1 N–H and O–H groups in total. The second-order valence-electron chi connectivity index (χ2n) is 6.98. The van der Waals surface area contributed by atoms with E-state index in [0.717, 1.165) is 25.7 Å². The number of amides is 1. The minimum absolute atomic E-state index is 0.0746. The highest BCUT2D eigenvalue weighted by molar-refractivity contribution is 7.90. The van der Waals surface area contributed by atoms with Gasteiger partial charge < -0.3 is 9.64 Å². The largest absolute Gasteiger partial charge is 0.444 e. The number of nitrogens with zero attached hydrogens (tertiary/aromatic N) is 1. The summed E-state index contributed by atoms with van der Waals surface area (Å²) in [6, 6.07) is 0.0746. The summed E-state index contributed by atoms with van der Waals surface area (Å²) in [5.74, 6) is 0. The van der Waals surface area contributed by atoms with Gasteiger partial charge >= 0.3 is 6.09 Å². The predicted octanol–water partition coefficient (Wildman–Crippen LogP) is 1.86. The van der Waals surface area contributed by atoms with E-state index in [0.29, 0.717) is 13.0 Å². The maximum absolute atomic E-state index is 12.4. The lowest BCUT2D eigenvalue weighted by Gasteiger charge is -2.24. The number of sulfonamides is 1. The molecule has 2 aliphatic rings. The zero-order chi connectivity index (χ0) is 15.7. The van der Waals surface area contributed by atoms with Gasteiger partial charge in [-0.15, -0.1) is 0 Å². The summed E-state index contributed by atoms with van der Waals surface area (Å²) >= 11 is 0. The highest BCUT2D eigenvalue weighted by atomic mass is 32.2. The summed E-state index contributed by atoms with van der Waals surface area (Å²) < 4.78 is 32.8. The molecule has 1 aliphatic heterocycles. The average Bonchev–Trinajstić information content (AvgIpc) is 2.95. The SMILES string of the molecule is CC(C)(C)OC(=O)N1CC[C@@H](S(=O)(=O)NC2CCCC2)C1. The molecule has 0 bridgehead atoms. The molecular formula is C14H26N2O4S. The zero-order valence-electron chi connectivity index (χ0n) is 13.1. The monoisotopic (exact) mass is 318 g/mol. The van der Waals surface area contributed by atoms with Gasteiger partial charge in [-0.1, -0.05) is 12.8 Å². The normalized spacial score (nSPS) is 24.5. The van der Waals surface area contributed by atoms with Crippen molar-refractivity contribution in [3.05, 3.63) is 0 Å². The van der Waals surface area contributed by atoms with Crippen LogP contribution in [0.25, 0.3) is 0 Å². The summed E-state index contributed by atoms with van der Waals surface area (Å²) in [6.07, 6.45) is 4.05. The van der Waals surface area contributed by atoms with Gasteiger partial charge in [-0.2, -0.15) is 0 Å². The molecule has 6 nitrogen and oxygen atoms in total. The second kappa shape index (κ2) is 6.12. The molecule has 0 unspecified atom stereocenters. The van der Waals surface area contributed by atoms with Gasteiger partial charge in [0.1, 0.15) is 5.60 Å². The van der Waals surface area contributed by atoms with E-state index in [2.05, 4.69) is 4.72 Å². The van der Waals surface area contributed by atoms with Crippen molar-refractivity contribution < 1.29 is 17.9 Å². The van der Waals surface area contributed by atoms with E-state index in [9.17, 15) is 13.2 Å². The van der Waals surface area contributed by atoms with Crippen LogP contribution in [-0.2, 0) is 14.8 Å². The number of carbonyl (C=O) groups excluding carboxylic acids is 1. The molecule has 122 valence electrons. The van der Waals surface area contributed by atoms with Crippen LogP contribution >= 0.6 is 0 Å². The van der Waals surface area contributed by atoms with Crippen LogP contribution in [0.15, 0.2) is 0 Å². The smallest absolute Gasteiger partial charge is 0.410 e. The number of nitrogens with one attached hydrogen (secondary N) is 1. The number of likely N-dealkylation sites (tertiary alicyclic amines) is 1. The van der Waals surface area contributed by atoms with Crippen LogP contribution < -0.4 is 4.72 Å². The van der Waals surface area contributed by atoms with E-state index in [-0.39, 0.29) is 12.6 Å². The first kappa shape index (κ1) is 16.5. The third-order valence-corrected chi connectivity index (χ3v) is 5.85. The van der Waals surface area contributed by atoms with Crippen molar-refractivity contribution in [3.63, 3.8) is 0 Å². The Morgan fingerprint density at radius 1 is 1.19 bits per heavy atom. The Morgan fingerprint density at radius 3 is 2.38 bits per heavy atom. The summed E-state index contributed by atoms with van der Waals surface area (Å²) in [5, 5.41) is -0.523. The Labute approximate surface area is 127 Å². The van der Waals surface area contributed by atoms with Crippen molar-refractivity contribution in [2.75, 3.05) is 13.1 Å². The van der Waals surface area contributed by atoms with Crippen molar-refractivity contribution in [1.82, 2.24) is 9.62 Å². The molecule has 0 spiro atoms. The van der Waals surface area contributed by atoms with Gasteiger partial charge in [0, 0.05) is 19.1 Å². The lowest BCUT2D eigenvalue weighted by atomic mass is 10.2. The number of hydrogen-bond acceptors (Lipinski definition) is 4. The topological polar surface area (TPSA) is 75.7 Å². The maximum Gasteiger partial charge on any atom is 0.410 e. The van der Waals surface area contributed by atoms with E-state index in [4.69, 9.17) is 4.74 Å². The van der Waals surface area contributed by atoms with E-state index in [1.54, 1.807) is 20.8 Å². The fraction of sp³-hybridized carbons (Fsp3) is 0.929. The van der Waals surface area contributed by atoms with Gasteiger partial charge in [0.15, 0.2) is 0 Å². The molecule has 1 aliphatic carbocycles. The third-order valence-electron chi connectivity index (χ3n) is 3.92. The second-order valence-corrected chi connectivity index (χ2v) is 8.97. The van der Waals surface area contributed by atoms with Crippen molar-refractivity contribution in [2.45, 2.75) is 69.8 Å². The van der Waals surface area contributed by atoms with Crippen LogP contribution in [0.4, 0.5) is 4.79 Å². The van der Waals surface area contributed by atoms with E-state index in [1.807, 2.05) is 0 Å². The van der Waals surface area contributed by atoms with Gasteiger partial charge in [0.2, 0.25) is 10.0 Å². The highest BCUT2D eigenvalue weighted by Gasteiger charge is 2.38. The van der Waals surface area contributed by atoms with Crippen molar-refractivity contribution in [1.29, 1.82) is 0 Å². The molecule has 2 fully saturated rings. The lowest BCUT2D eigenvalue weighted by molar-refractivity contribution is 0.0295. The first-order valence-electron chi connectivity index (χ1n) is 7.66. The van der Waals surface area contributed by atoms with Gasteiger partial charge in [-0.3, -0.25) is 0 Å². The molecule has 1 saturated heterocycles. The lowest BCUT2D eigenvalue weighted by Crippen LogP contribution is -2.42. The molecule has 1 heterocycles. The summed E-state index contributed by atoms with van der Waals surface area (Å²) in [5.41, 5.74) is -0.559. The average molecular weight is 318 g/mol. The minimum atomic E-state index is -3.35. The van der Waals surface area contributed by atoms with Crippen LogP contribution in [0, 0.1) is 0 Å². The molecule has 2 rings (SSSR count). The van der Waals surface area contributed by atoms with Crippen LogP contribution in [0.2, 0.25) is 0 Å². The van der Waals surface area contributed by atoms with E-state index in [1.165, 1.54) is 4.90 Å². The molecule has 1 saturated carbocycles. The van der Waals surface area contributed by atoms with Crippen molar-refractivity contribution >= 4 is 16.1 Å². The summed E-state index contributed by atoms with van der Waals surface area (Å²) in [7, 11) is -3.35. The van der Waals surface area contributed by atoms with Crippen molar-refractivity contribution in [2.24, 2.45) is 0 Å². The zero-order valence-corrected chi connectivity index (χ0v) is 13.9. The van der Waals surface area contributed by atoms with E-state index < -0.39 is 27.0 Å². The minimum Gasteiger partial charge on any atom is -0.444 e. The van der Waals surface area contributed by atoms with Gasteiger partial charge in [0.25, 0.3) is 0 Å². The van der Waals surface area contributed by atoms with E-state index >= 15 is 0 Å². The van der Waals surface area contributed by atoms with Crippen molar-refractivity contribution in [3.8, 4) is 0 Å². The Hall–Kier alpha value is -0.820. The Morgan fingerprint density at radius 2 is 1.81 bits per heavy atom. The van der Waals surface area contributed by atoms with Gasteiger partial charge in [-0.05, 0) is 40.0 Å². The number of ether oxygens (including phenoxy) is 1. The Kier molecular flexibility index (Phi) is 4.82. The predicted molar refractivity (Wildman–Crippen MR) is 80.5 cm³/mol. The fourth-order valence-electron chi connectivity index (χ4n) is 2.85. The molecule has 1 atom stereocenters. The molecule has 0 radical (unpaired) electrons. The maximum atomic E-state index is 12.4. The standard InChI is InChI=1S/C14H26N2O4S/c1-14(2,3)20-13(17)16-9-8-12(10-16)21(18,19)15-11-6-4-5-7-11/h11-12,15H,4-10H2,1-3H3/t12-/m1/s1. The summed E-state index contributed by atoms with van der Waals surface area (Å²) in [6.45, 7) is 6.06. The van der Waals surface area contributed by atoms with Crippen LogP contribution in [0.5, 0.6) is 0 Å². The molecule has 0 aromatic heterocycles. The molecule has 0 aromatic carbocycles. The molecular weight excluding hydrogens is 292 g/mol. The number of hydrogen-bond donors (Lipinski definition) is 1. The molecule has 0 aromatic rings. The van der Waals surface area contributed by atoms with Crippen LogP contribution in [-0.4, -0.2) is 49.4 Å². The molecule has 7 heteroatoms. The Bertz CT molecular complexity index is 478. The third kappa shape index (κ3) is 4.57. The van der Waals surface area contributed by atoms with Gasteiger partial charge in [-0.25, -0.2) is 17.9 Å². The van der Waals surface area contributed by atoms with Crippen LogP contribution in [0.1, 0.15) is 52.9 Å². The fourth-order valence-corrected chi connectivity index (χ4v) is 4.53. The summed E-state index contributed by atoms with van der Waals surface area (Å²) in [4.78, 5) is 13.5. The Balaban J connectivity index is 1.90. The van der Waals surface area contributed by atoms with Gasteiger partial charge in [0.05, 0.1) is 5.25 Å².